The van der Waals surface area contributed by atoms with E-state index < -0.39 is 18.0 Å². The Morgan fingerprint density at radius 1 is 1.40 bits per heavy atom. The Morgan fingerprint density at radius 3 is 2.47 bits per heavy atom. The van der Waals surface area contributed by atoms with E-state index in [0.717, 1.165) is 12.1 Å². The fraction of sp³-hybridized carbons (Fsp3) is 0.222. The number of alkyl halides is 3. The SMILES string of the molecule is Cc1ccc(OC(F)(F)F)cc1C(N)=O. The number of carbonyl (C=O) groups is 1. The summed E-state index contributed by atoms with van der Waals surface area (Å²) in [5.41, 5.74) is 5.48. The Bertz CT molecular complexity index is 387. The summed E-state index contributed by atoms with van der Waals surface area (Å²) in [4.78, 5) is 10.8. The largest absolute Gasteiger partial charge is 0.573 e. The molecular formula is C9H8F3NO2. The molecule has 0 radical (unpaired) electrons. The van der Waals surface area contributed by atoms with Crippen LogP contribution in [0.4, 0.5) is 13.2 Å². The number of carbonyl (C=O) groups excluding carboxylic acids is 1. The Morgan fingerprint density at radius 2 is 2.00 bits per heavy atom. The van der Waals surface area contributed by atoms with Gasteiger partial charge in [0.1, 0.15) is 5.75 Å². The summed E-state index contributed by atoms with van der Waals surface area (Å²) >= 11 is 0. The number of rotatable bonds is 2. The van der Waals surface area contributed by atoms with Crippen LogP contribution < -0.4 is 10.5 Å². The van der Waals surface area contributed by atoms with Crippen LogP contribution in [0, 0.1) is 6.92 Å². The summed E-state index contributed by atoms with van der Waals surface area (Å²) in [5, 5.41) is 0. The number of amides is 1. The lowest BCUT2D eigenvalue weighted by molar-refractivity contribution is -0.274. The molecule has 3 nitrogen and oxygen atoms in total. The fourth-order valence-corrected chi connectivity index (χ4v) is 1.06. The molecule has 0 heterocycles. The van der Waals surface area contributed by atoms with E-state index in [1.165, 1.54) is 6.07 Å². The van der Waals surface area contributed by atoms with E-state index in [2.05, 4.69) is 4.74 Å². The molecule has 15 heavy (non-hydrogen) atoms. The third kappa shape index (κ3) is 3.16. The molecule has 6 heteroatoms. The second-order valence-corrected chi connectivity index (χ2v) is 2.89. The molecule has 0 aliphatic rings. The van der Waals surface area contributed by atoms with Crippen LogP contribution in [-0.4, -0.2) is 12.3 Å². The molecular weight excluding hydrogens is 211 g/mol. The van der Waals surface area contributed by atoms with Gasteiger partial charge in [-0.05, 0) is 24.6 Å². The lowest BCUT2D eigenvalue weighted by Gasteiger charge is -2.10. The summed E-state index contributed by atoms with van der Waals surface area (Å²) < 4.78 is 39.1. The quantitative estimate of drug-likeness (QED) is 0.826. The van der Waals surface area contributed by atoms with Crippen molar-refractivity contribution >= 4 is 5.91 Å². The van der Waals surface area contributed by atoms with Crippen molar-refractivity contribution in [3.63, 3.8) is 0 Å². The van der Waals surface area contributed by atoms with Gasteiger partial charge in [-0.2, -0.15) is 0 Å². The summed E-state index contributed by atoms with van der Waals surface area (Å²) in [5.74, 6) is -1.25. The maximum atomic E-state index is 11.8. The van der Waals surface area contributed by atoms with Gasteiger partial charge in [0.15, 0.2) is 0 Å². The summed E-state index contributed by atoms with van der Waals surface area (Å²) in [6.45, 7) is 1.57. The van der Waals surface area contributed by atoms with E-state index >= 15 is 0 Å². The van der Waals surface area contributed by atoms with E-state index in [4.69, 9.17) is 5.73 Å². The highest BCUT2D eigenvalue weighted by Crippen LogP contribution is 2.24. The third-order valence-corrected chi connectivity index (χ3v) is 1.71. The molecule has 0 saturated heterocycles. The highest BCUT2D eigenvalue weighted by Gasteiger charge is 2.31. The molecule has 0 fully saturated rings. The molecule has 82 valence electrons. The molecule has 0 saturated carbocycles. The first kappa shape index (κ1) is 11.4. The van der Waals surface area contributed by atoms with Gasteiger partial charge in [-0.1, -0.05) is 6.07 Å². The lowest BCUT2D eigenvalue weighted by atomic mass is 10.1. The highest BCUT2D eigenvalue weighted by atomic mass is 19.4. The van der Waals surface area contributed by atoms with E-state index in [0.29, 0.717) is 5.56 Å². The Labute approximate surface area is 83.6 Å². The van der Waals surface area contributed by atoms with Gasteiger partial charge in [0, 0.05) is 5.56 Å². The van der Waals surface area contributed by atoms with Gasteiger partial charge < -0.3 is 10.5 Å². The minimum Gasteiger partial charge on any atom is -0.406 e. The second kappa shape index (κ2) is 3.80. The van der Waals surface area contributed by atoms with Crippen molar-refractivity contribution < 1.29 is 22.7 Å². The first-order valence-electron chi connectivity index (χ1n) is 3.96. The highest BCUT2D eigenvalue weighted by molar-refractivity contribution is 5.94. The molecule has 1 aromatic rings. The minimum absolute atomic E-state index is 0.0109. The average molecular weight is 219 g/mol. The average Bonchev–Trinajstić information content (AvgIpc) is 2.05. The van der Waals surface area contributed by atoms with E-state index in [1.807, 2.05) is 0 Å². The molecule has 0 unspecified atom stereocenters. The first-order chi connectivity index (χ1) is 6.79. The molecule has 0 spiro atoms. The van der Waals surface area contributed by atoms with Crippen molar-refractivity contribution in [2.24, 2.45) is 5.73 Å². The number of nitrogens with two attached hydrogens (primary N) is 1. The van der Waals surface area contributed by atoms with Crippen LogP contribution in [0.25, 0.3) is 0 Å². The maximum absolute atomic E-state index is 11.8. The topological polar surface area (TPSA) is 52.3 Å². The molecule has 1 rings (SSSR count). The van der Waals surface area contributed by atoms with Crippen LogP contribution in [0.3, 0.4) is 0 Å². The molecule has 0 aromatic heterocycles. The van der Waals surface area contributed by atoms with Gasteiger partial charge in [-0.3, -0.25) is 4.79 Å². The Hall–Kier alpha value is -1.72. The molecule has 0 bridgehead atoms. The van der Waals surface area contributed by atoms with E-state index in [9.17, 15) is 18.0 Å². The molecule has 0 atom stereocenters. The van der Waals surface area contributed by atoms with Crippen molar-refractivity contribution in [3.8, 4) is 5.75 Å². The van der Waals surface area contributed by atoms with Crippen LogP contribution in [-0.2, 0) is 0 Å². The van der Waals surface area contributed by atoms with Crippen LogP contribution in [0.5, 0.6) is 5.75 Å². The van der Waals surface area contributed by atoms with Crippen molar-refractivity contribution in [2.75, 3.05) is 0 Å². The molecule has 1 aromatic carbocycles. The number of hydrogen-bond donors (Lipinski definition) is 1. The molecule has 2 N–H and O–H groups in total. The van der Waals surface area contributed by atoms with Gasteiger partial charge in [0.2, 0.25) is 5.91 Å². The molecule has 0 aliphatic heterocycles. The van der Waals surface area contributed by atoms with Gasteiger partial charge >= 0.3 is 6.36 Å². The first-order valence-corrected chi connectivity index (χ1v) is 3.96. The minimum atomic E-state index is -4.77. The van der Waals surface area contributed by atoms with E-state index in [1.54, 1.807) is 6.92 Å². The van der Waals surface area contributed by atoms with Gasteiger partial charge in [-0.15, -0.1) is 13.2 Å². The van der Waals surface area contributed by atoms with Gasteiger partial charge in [0.25, 0.3) is 0 Å². The zero-order chi connectivity index (χ0) is 11.6. The lowest BCUT2D eigenvalue weighted by Crippen LogP contribution is -2.18. The standard InChI is InChI=1S/C9H8F3NO2/c1-5-2-3-6(15-9(10,11)12)4-7(5)8(13)14/h2-4H,1H3,(H2,13,14). The third-order valence-electron chi connectivity index (χ3n) is 1.71. The second-order valence-electron chi connectivity index (χ2n) is 2.89. The maximum Gasteiger partial charge on any atom is 0.573 e. The van der Waals surface area contributed by atoms with Crippen molar-refractivity contribution in [3.05, 3.63) is 29.3 Å². The number of halogens is 3. The monoisotopic (exact) mass is 219 g/mol. The predicted octanol–water partition coefficient (Wildman–Crippen LogP) is 1.99. The number of hydrogen-bond acceptors (Lipinski definition) is 2. The van der Waals surface area contributed by atoms with Crippen molar-refractivity contribution in [1.82, 2.24) is 0 Å². The van der Waals surface area contributed by atoms with Crippen LogP contribution in [0.2, 0.25) is 0 Å². The Kier molecular flexibility index (Phi) is 2.88. The number of ether oxygens (including phenoxy) is 1. The van der Waals surface area contributed by atoms with Gasteiger partial charge in [-0.25, -0.2) is 0 Å². The molecule has 1 amide bonds. The zero-order valence-corrected chi connectivity index (χ0v) is 7.76. The number of primary amides is 1. The van der Waals surface area contributed by atoms with Crippen LogP contribution in [0.15, 0.2) is 18.2 Å². The number of benzene rings is 1. The zero-order valence-electron chi connectivity index (χ0n) is 7.76. The van der Waals surface area contributed by atoms with E-state index in [-0.39, 0.29) is 5.56 Å². The predicted molar refractivity (Wildman–Crippen MR) is 46.4 cm³/mol. The smallest absolute Gasteiger partial charge is 0.406 e. The summed E-state index contributed by atoms with van der Waals surface area (Å²) in [6.07, 6.45) is -4.77. The fourth-order valence-electron chi connectivity index (χ4n) is 1.06. The summed E-state index contributed by atoms with van der Waals surface area (Å²) in [7, 11) is 0. The van der Waals surface area contributed by atoms with Gasteiger partial charge in [0.05, 0.1) is 0 Å². The van der Waals surface area contributed by atoms with Crippen molar-refractivity contribution in [2.45, 2.75) is 13.3 Å². The molecule has 0 aliphatic carbocycles. The van der Waals surface area contributed by atoms with Crippen LogP contribution >= 0.6 is 0 Å². The van der Waals surface area contributed by atoms with Crippen molar-refractivity contribution in [1.29, 1.82) is 0 Å². The van der Waals surface area contributed by atoms with Crippen LogP contribution in [0.1, 0.15) is 15.9 Å². The normalized spacial score (nSPS) is 11.2. The number of aryl methyl sites for hydroxylation is 1. The Balaban J connectivity index is 3.03. The summed E-state index contributed by atoms with van der Waals surface area (Å²) in [6, 6.07) is 3.42.